The van der Waals surface area contributed by atoms with Gasteiger partial charge in [0.1, 0.15) is 4.90 Å². The summed E-state index contributed by atoms with van der Waals surface area (Å²) in [5, 5.41) is 0. The first-order valence-electron chi connectivity index (χ1n) is 7.12. The maximum Gasteiger partial charge on any atom is 0.242 e. The Bertz CT molecular complexity index is 518. The number of sulfonamides is 1. The highest BCUT2D eigenvalue weighted by atomic mass is 32.2. The molecule has 0 bridgehead atoms. The van der Waals surface area contributed by atoms with Gasteiger partial charge in [-0.1, -0.05) is 6.92 Å². The Morgan fingerprint density at radius 2 is 2.35 bits per heavy atom. The molecule has 0 spiro atoms. The molecule has 2 rings (SSSR count). The second kappa shape index (κ2) is 6.65. The Balaban J connectivity index is 1.92. The van der Waals surface area contributed by atoms with Crippen LogP contribution in [-0.4, -0.2) is 44.0 Å². The summed E-state index contributed by atoms with van der Waals surface area (Å²) in [6, 6.07) is 3.09. The number of rotatable bonds is 5. The van der Waals surface area contributed by atoms with E-state index in [1.165, 1.54) is 19.0 Å². The van der Waals surface area contributed by atoms with Crippen molar-refractivity contribution in [1.82, 2.24) is 14.6 Å². The maximum absolute atomic E-state index is 12.2. The molecule has 1 aromatic rings. The molecule has 1 N–H and O–H groups in total. The van der Waals surface area contributed by atoms with Crippen LogP contribution in [0.5, 0.6) is 0 Å². The van der Waals surface area contributed by atoms with E-state index in [4.69, 9.17) is 0 Å². The Labute approximate surface area is 121 Å². The zero-order valence-corrected chi connectivity index (χ0v) is 12.9. The SMILES string of the molecule is C[C@@H]1CCCN(C[C@H](C)NS(=O)(=O)c2cccnc2)C1. The zero-order valence-electron chi connectivity index (χ0n) is 12.1. The average molecular weight is 297 g/mol. The van der Waals surface area contributed by atoms with Crippen LogP contribution in [0.3, 0.4) is 0 Å². The van der Waals surface area contributed by atoms with E-state index in [1.807, 2.05) is 6.92 Å². The Morgan fingerprint density at radius 3 is 3.00 bits per heavy atom. The number of likely N-dealkylation sites (tertiary alicyclic amines) is 1. The number of aromatic nitrogens is 1. The first-order valence-corrected chi connectivity index (χ1v) is 8.60. The standard InChI is InChI=1S/C14H23N3O2S/c1-12-5-4-8-17(10-12)11-13(2)16-20(18,19)14-6-3-7-15-9-14/h3,6-7,9,12-13,16H,4-5,8,10-11H2,1-2H3/t12-,13+/m1/s1. The highest BCUT2D eigenvalue weighted by molar-refractivity contribution is 7.89. The van der Waals surface area contributed by atoms with Gasteiger partial charge in [-0.05, 0) is 44.4 Å². The lowest BCUT2D eigenvalue weighted by atomic mass is 10.00. The molecule has 1 fully saturated rings. The molecule has 0 aromatic carbocycles. The molecule has 1 aromatic heterocycles. The molecule has 5 nitrogen and oxygen atoms in total. The second-order valence-electron chi connectivity index (χ2n) is 5.72. The fourth-order valence-electron chi connectivity index (χ4n) is 2.72. The summed E-state index contributed by atoms with van der Waals surface area (Å²) in [6.45, 7) is 7.02. The van der Waals surface area contributed by atoms with Crippen molar-refractivity contribution in [3.63, 3.8) is 0 Å². The summed E-state index contributed by atoms with van der Waals surface area (Å²) >= 11 is 0. The first-order chi connectivity index (χ1) is 9.47. The molecule has 112 valence electrons. The van der Waals surface area contributed by atoms with Crippen LogP contribution in [0, 0.1) is 5.92 Å². The number of nitrogens with one attached hydrogen (secondary N) is 1. The van der Waals surface area contributed by atoms with Gasteiger partial charge in [-0.2, -0.15) is 0 Å². The average Bonchev–Trinajstić information content (AvgIpc) is 2.39. The van der Waals surface area contributed by atoms with Crippen molar-refractivity contribution < 1.29 is 8.42 Å². The molecule has 0 saturated carbocycles. The predicted octanol–water partition coefficient (Wildman–Crippen LogP) is 1.48. The minimum absolute atomic E-state index is 0.106. The lowest BCUT2D eigenvalue weighted by molar-refractivity contribution is 0.174. The third-order valence-corrected chi connectivity index (χ3v) is 5.15. The molecule has 1 aliphatic rings. The minimum Gasteiger partial charge on any atom is -0.301 e. The predicted molar refractivity (Wildman–Crippen MR) is 78.9 cm³/mol. The molecule has 0 unspecified atom stereocenters. The van der Waals surface area contributed by atoms with Gasteiger partial charge in [-0.3, -0.25) is 4.98 Å². The lowest BCUT2D eigenvalue weighted by Crippen LogP contribution is -2.45. The zero-order chi connectivity index (χ0) is 14.6. The van der Waals surface area contributed by atoms with Gasteiger partial charge in [0.05, 0.1) is 0 Å². The number of hydrogen-bond donors (Lipinski definition) is 1. The smallest absolute Gasteiger partial charge is 0.242 e. The largest absolute Gasteiger partial charge is 0.301 e. The number of piperidine rings is 1. The van der Waals surface area contributed by atoms with Crippen LogP contribution >= 0.6 is 0 Å². The maximum atomic E-state index is 12.2. The highest BCUT2D eigenvalue weighted by Crippen LogP contribution is 2.16. The van der Waals surface area contributed by atoms with Crippen LogP contribution in [0.25, 0.3) is 0 Å². The van der Waals surface area contributed by atoms with E-state index < -0.39 is 10.0 Å². The molecule has 0 radical (unpaired) electrons. The lowest BCUT2D eigenvalue weighted by Gasteiger charge is -2.32. The van der Waals surface area contributed by atoms with Crippen LogP contribution < -0.4 is 4.72 Å². The van der Waals surface area contributed by atoms with E-state index >= 15 is 0 Å². The van der Waals surface area contributed by atoms with Gasteiger partial charge < -0.3 is 4.90 Å². The summed E-state index contributed by atoms with van der Waals surface area (Å²) in [7, 11) is -3.46. The van der Waals surface area contributed by atoms with E-state index in [9.17, 15) is 8.42 Å². The van der Waals surface area contributed by atoms with Gasteiger partial charge in [0, 0.05) is 31.5 Å². The van der Waals surface area contributed by atoms with E-state index in [0.29, 0.717) is 5.92 Å². The number of nitrogens with zero attached hydrogens (tertiary/aromatic N) is 2. The summed E-state index contributed by atoms with van der Waals surface area (Å²) in [6.07, 6.45) is 5.41. The Kier molecular flexibility index (Phi) is 5.12. The topological polar surface area (TPSA) is 62.3 Å². The molecule has 2 heterocycles. The molecular formula is C14H23N3O2S. The third kappa shape index (κ3) is 4.26. The summed E-state index contributed by atoms with van der Waals surface area (Å²) < 4.78 is 27.1. The minimum atomic E-state index is -3.46. The molecule has 2 atom stereocenters. The number of hydrogen-bond acceptors (Lipinski definition) is 4. The summed E-state index contributed by atoms with van der Waals surface area (Å²) in [5.74, 6) is 0.700. The van der Waals surface area contributed by atoms with Crippen LogP contribution in [-0.2, 0) is 10.0 Å². The van der Waals surface area contributed by atoms with E-state index in [-0.39, 0.29) is 10.9 Å². The van der Waals surface area contributed by atoms with E-state index in [0.717, 1.165) is 19.6 Å². The van der Waals surface area contributed by atoms with Gasteiger partial charge in [-0.15, -0.1) is 0 Å². The molecule has 6 heteroatoms. The Morgan fingerprint density at radius 1 is 1.55 bits per heavy atom. The van der Waals surface area contributed by atoms with Crippen molar-refractivity contribution in [2.75, 3.05) is 19.6 Å². The van der Waals surface area contributed by atoms with Gasteiger partial charge in [-0.25, -0.2) is 13.1 Å². The Hall–Kier alpha value is -0.980. The molecular weight excluding hydrogens is 274 g/mol. The molecule has 0 amide bonds. The fourth-order valence-corrected chi connectivity index (χ4v) is 3.91. The first kappa shape index (κ1) is 15.4. The van der Waals surface area contributed by atoms with Crippen molar-refractivity contribution in [2.45, 2.75) is 37.6 Å². The molecule has 0 aliphatic carbocycles. The van der Waals surface area contributed by atoms with E-state index in [1.54, 1.807) is 18.3 Å². The summed E-state index contributed by atoms with van der Waals surface area (Å²) in [5.41, 5.74) is 0. The second-order valence-corrected chi connectivity index (χ2v) is 7.43. The van der Waals surface area contributed by atoms with Crippen molar-refractivity contribution >= 4 is 10.0 Å². The normalized spacial score (nSPS) is 22.6. The van der Waals surface area contributed by atoms with Gasteiger partial charge in [0.2, 0.25) is 10.0 Å². The van der Waals surface area contributed by atoms with E-state index in [2.05, 4.69) is 21.5 Å². The number of pyridine rings is 1. The van der Waals surface area contributed by atoms with Gasteiger partial charge >= 0.3 is 0 Å². The highest BCUT2D eigenvalue weighted by Gasteiger charge is 2.21. The monoisotopic (exact) mass is 297 g/mol. The van der Waals surface area contributed by atoms with Crippen molar-refractivity contribution in [3.8, 4) is 0 Å². The van der Waals surface area contributed by atoms with Gasteiger partial charge in [0.25, 0.3) is 0 Å². The van der Waals surface area contributed by atoms with Crippen LogP contribution in [0.1, 0.15) is 26.7 Å². The van der Waals surface area contributed by atoms with Crippen molar-refractivity contribution in [3.05, 3.63) is 24.5 Å². The molecule has 20 heavy (non-hydrogen) atoms. The molecule has 1 aliphatic heterocycles. The fraction of sp³-hybridized carbons (Fsp3) is 0.643. The van der Waals surface area contributed by atoms with Gasteiger partial charge in [0.15, 0.2) is 0 Å². The van der Waals surface area contributed by atoms with Crippen LogP contribution in [0.15, 0.2) is 29.4 Å². The summed E-state index contributed by atoms with van der Waals surface area (Å²) in [4.78, 5) is 6.41. The van der Waals surface area contributed by atoms with Crippen molar-refractivity contribution in [1.29, 1.82) is 0 Å². The van der Waals surface area contributed by atoms with Crippen LogP contribution in [0.4, 0.5) is 0 Å². The van der Waals surface area contributed by atoms with Crippen LogP contribution in [0.2, 0.25) is 0 Å². The third-order valence-electron chi connectivity index (χ3n) is 3.57. The molecule has 1 saturated heterocycles. The van der Waals surface area contributed by atoms with Crippen molar-refractivity contribution in [2.24, 2.45) is 5.92 Å². The quantitative estimate of drug-likeness (QED) is 0.894.